The molecule has 0 atom stereocenters. The van der Waals surface area contributed by atoms with E-state index in [1.807, 2.05) is 49.3 Å². The Labute approximate surface area is 95.8 Å². The highest BCUT2D eigenvalue weighted by Gasteiger charge is 2.03. The Morgan fingerprint density at radius 3 is 2.50 bits per heavy atom. The van der Waals surface area contributed by atoms with Crippen LogP contribution < -0.4 is 0 Å². The molecule has 0 aliphatic carbocycles. The maximum atomic E-state index is 11.1. The fourth-order valence-electron chi connectivity index (χ4n) is 1.07. The number of ether oxygens (including phenoxy) is 2. The number of hydrogen-bond acceptors (Lipinski definition) is 4. The highest BCUT2D eigenvalue weighted by atomic mass is 16.7. The van der Waals surface area contributed by atoms with Crippen LogP contribution in [0.15, 0.2) is 30.3 Å². The van der Waals surface area contributed by atoms with E-state index in [0.29, 0.717) is 13.2 Å². The van der Waals surface area contributed by atoms with Crippen molar-refractivity contribution < 1.29 is 14.3 Å². The summed E-state index contributed by atoms with van der Waals surface area (Å²) < 4.78 is 9.80. The average Bonchev–Trinajstić information content (AvgIpc) is 2.27. The van der Waals surface area contributed by atoms with Crippen LogP contribution in [-0.4, -0.2) is 38.3 Å². The van der Waals surface area contributed by atoms with Crippen LogP contribution in [0.2, 0.25) is 0 Å². The van der Waals surface area contributed by atoms with Crippen molar-refractivity contribution in [3.63, 3.8) is 0 Å². The molecule has 0 radical (unpaired) electrons. The van der Waals surface area contributed by atoms with Gasteiger partial charge in [-0.05, 0) is 19.7 Å². The van der Waals surface area contributed by atoms with Crippen LogP contribution in [0.1, 0.15) is 5.56 Å². The zero-order valence-corrected chi connectivity index (χ0v) is 9.68. The molecule has 1 aromatic rings. The molecule has 0 aliphatic rings. The summed E-state index contributed by atoms with van der Waals surface area (Å²) >= 11 is 0. The van der Waals surface area contributed by atoms with Gasteiger partial charge in [-0.15, -0.1) is 0 Å². The first kappa shape index (κ1) is 12.5. The maximum absolute atomic E-state index is 11.1. The first-order valence-electron chi connectivity index (χ1n) is 5.16. The summed E-state index contributed by atoms with van der Waals surface area (Å²) in [7, 11) is 3.83. The molecule has 4 nitrogen and oxygen atoms in total. The first-order valence-corrected chi connectivity index (χ1v) is 5.16. The number of nitrogens with zero attached hydrogens (tertiary/aromatic N) is 1. The SMILES string of the molecule is CN(C)CCOC(=O)OCc1ccccc1. The van der Waals surface area contributed by atoms with Crippen molar-refractivity contribution in [2.75, 3.05) is 27.2 Å². The van der Waals surface area contributed by atoms with Crippen molar-refractivity contribution in [3.8, 4) is 0 Å². The number of rotatable bonds is 5. The van der Waals surface area contributed by atoms with Crippen molar-refractivity contribution in [2.24, 2.45) is 0 Å². The van der Waals surface area contributed by atoms with Crippen LogP contribution in [0.5, 0.6) is 0 Å². The molecule has 0 N–H and O–H groups in total. The topological polar surface area (TPSA) is 38.8 Å². The molecule has 0 bridgehead atoms. The summed E-state index contributed by atoms with van der Waals surface area (Å²) in [6, 6.07) is 9.51. The van der Waals surface area contributed by atoms with Gasteiger partial charge in [0, 0.05) is 6.54 Å². The van der Waals surface area contributed by atoms with Gasteiger partial charge in [-0.25, -0.2) is 4.79 Å². The lowest BCUT2D eigenvalue weighted by Crippen LogP contribution is -2.20. The zero-order valence-electron chi connectivity index (χ0n) is 9.68. The van der Waals surface area contributed by atoms with Crippen molar-refractivity contribution in [3.05, 3.63) is 35.9 Å². The monoisotopic (exact) mass is 223 g/mol. The van der Waals surface area contributed by atoms with Crippen LogP contribution in [0.3, 0.4) is 0 Å². The van der Waals surface area contributed by atoms with Crippen molar-refractivity contribution in [2.45, 2.75) is 6.61 Å². The van der Waals surface area contributed by atoms with E-state index in [1.165, 1.54) is 0 Å². The normalized spacial score (nSPS) is 10.2. The molecule has 0 spiro atoms. The average molecular weight is 223 g/mol. The fourth-order valence-corrected chi connectivity index (χ4v) is 1.07. The highest BCUT2D eigenvalue weighted by Crippen LogP contribution is 2.01. The molecule has 0 aromatic heterocycles. The molecule has 16 heavy (non-hydrogen) atoms. The summed E-state index contributed by atoms with van der Waals surface area (Å²) in [6.07, 6.45) is -0.620. The summed E-state index contributed by atoms with van der Waals surface area (Å²) in [6.45, 7) is 1.29. The lowest BCUT2D eigenvalue weighted by atomic mass is 10.2. The molecule has 0 amide bonds. The van der Waals surface area contributed by atoms with Gasteiger partial charge in [0.15, 0.2) is 0 Å². The second-order valence-corrected chi connectivity index (χ2v) is 3.68. The molecule has 0 heterocycles. The molecular formula is C12H17NO3. The van der Waals surface area contributed by atoms with E-state index in [2.05, 4.69) is 0 Å². The molecule has 0 unspecified atom stereocenters. The van der Waals surface area contributed by atoms with Gasteiger partial charge in [0.1, 0.15) is 13.2 Å². The van der Waals surface area contributed by atoms with Gasteiger partial charge in [-0.3, -0.25) is 0 Å². The maximum Gasteiger partial charge on any atom is 0.508 e. The Balaban J connectivity index is 2.16. The van der Waals surface area contributed by atoms with E-state index in [9.17, 15) is 4.79 Å². The van der Waals surface area contributed by atoms with Crippen molar-refractivity contribution >= 4 is 6.16 Å². The minimum Gasteiger partial charge on any atom is -0.433 e. The molecule has 0 saturated heterocycles. The van der Waals surface area contributed by atoms with E-state index < -0.39 is 6.16 Å². The number of carbonyl (C=O) groups is 1. The molecule has 4 heteroatoms. The van der Waals surface area contributed by atoms with Gasteiger partial charge in [0.05, 0.1) is 0 Å². The van der Waals surface area contributed by atoms with Gasteiger partial charge < -0.3 is 14.4 Å². The Morgan fingerprint density at radius 2 is 1.88 bits per heavy atom. The lowest BCUT2D eigenvalue weighted by molar-refractivity contribution is 0.0461. The second-order valence-electron chi connectivity index (χ2n) is 3.68. The van der Waals surface area contributed by atoms with Crippen molar-refractivity contribution in [1.82, 2.24) is 4.90 Å². The number of benzene rings is 1. The predicted octanol–water partition coefficient (Wildman–Crippen LogP) is 1.90. The molecule has 1 aromatic carbocycles. The fraction of sp³-hybridized carbons (Fsp3) is 0.417. The smallest absolute Gasteiger partial charge is 0.433 e. The number of likely N-dealkylation sites (N-methyl/N-ethyl adjacent to an activating group) is 1. The standard InChI is InChI=1S/C12H17NO3/c1-13(2)8-9-15-12(14)16-10-11-6-4-3-5-7-11/h3-7H,8-10H2,1-2H3. The molecule has 0 aliphatic heterocycles. The molecule has 0 fully saturated rings. The Kier molecular flexibility index (Phi) is 5.36. The molecule has 0 saturated carbocycles. The Morgan fingerprint density at radius 1 is 1.19 bits per heavy atom. The van der Waals surface area contributed by atoms with E-state index in [-0.39, 0.29) is 6.61 Å². The van der Waals surface area contributed by atoms with Crippen LogP contribution >= 0.6 is 0 Å². The Bertz CT molecular complexity index is 311. The minimum absolute atomic E-state index is 0.252. The highest BCUT2D eigenvalue weighted by molar-refractivity contribution is 5.59. The van der Waals surface area contributed by atoms with Gasteiger partial charge in [-0.2, -0.15) is 0 Å². The largest absolute Gasteiger partial charge is 0.508 e. The summed E-state index contributed by atoms with van der Waals surface area (Å²) in [5.74, 6) is 0. The zero-order chi connectivity index (χ0) is 11.8. The van der Waals surface area contributed by atoms with Crippen LogP contribution in [0.25, 0.3) is 0 Å². The van der Waals surface area contributed by atoms with Gasteiger partial charge in [0.25, 0.3) is 0 Å². The quantitative estimate of drug-likeness (QED) is 0.715. The second kappa shape index (κ2) is 6.85. The molecule has 88 valence electrons. The van der Waals surface area contributed by atoms with E-state index in [0.717, 1.165) is 5.56 Å². The van der Waals surface area contributed by atoms with Crippen LogP contribution in [0.4, 0.5) is 4.79 Å². The van der Waals surface area contributed by atoms with E-state index in [1.54, 1.807) is 0 Å². The minimum atomic E-state index is -0.620. The Hall–Kier alpha value is -1.55. The number of carbonyl (C=O) groups excluding carboxylic acids is 1. The third-order valence-electron chi connectivity index (χ3n) is 1.96. The van der Waals surface area contributed by atoms with E-state index >= 15 is 0 Å². The first-order chi connectivity index (χ1) is 7.68. The molecule has 1 rings (SSSR count). The van der Waals surface area contributed by atoms with E-state index in [4.69, 9.17) is 9.47 Å². The van der Waals surface area contributed by atoms with Crippen molar-refractivity contribution in [1.29, 1.82) is 0 Å². The third kappa shape index (κ3) is 5.36. The van der Waals surface area contributed by atoms with Gasteiger partial charge in [0.2, 0.25) is 0 Å². The number of hydrogen-bond donors (Lipinski definition) is 0. The summed E-state index contributed by atoms with van der Waals surface area (Å²) in [5.41, 5.74) is 0.951. The lowest BCUT2D eigenvalue weighted by Gasteiger charge is -2.10. The predicted molar refractivity (Wildman–Crippen MR) is 61.1 cm³/mol. The van der Waals surface area contributed by atoms with Gasteiger partial charge >= 0.3 is 6.16 Å². The van der Waals surface area contributed by atoms with Gasteiger partial charge in [-0.1, -0.05) is 30.3 Å². The summed E-state index contributed by atoms with van der Waals surface area (Å²) in [4.78, 5) is 13.1. The summed E-state index contributed by atoms with van der Waals surface area (Å²) in [5, 5.41) is 0. The molecular weight excluding hydrogens is 206 g/mol. The third-order valence-corrected chi connectivity index (χ3v) is 1.96. The van der Waals surface area contributed by atoms with Crippen LogP contribution in [0, 0.1) is 0 Å². The van der Waals surface area contributed by atoms with Crippen LogP contribution in [-0.2, 0) is 16.1 Å².